The molecule has 1 amide bonds. The average molecular weight is 271 g/mol. The van der Waals surface area contributed by atoms with E-state index < -0.39 is 10.0 Å². The number of aromatic nitrogens is 1. The predicted octanol–water partition coefficient (Wildman–Crippen LogP) is 0.239. The van der Waals surface area contributed by atoms with E-state index in [1.165, 1.54) is 23.9 Å². The molecule has 0 bridgehead atoms. The number of hydrogen-bond acceptors (Lipinski definition) is 3. The topological polar surface area (TPSA) is 80.2 Å². The van der Waals surface area contributed by atoms with E-state index in [4.69, 9.17) is 0 Å². The molecule has 6 nitrogen and oxygen atoms in total. The zero-order valence-corrected chi connectivity index (χ0v) is 11.5. The third-order valence-electron chi connectivity index (χ3n) is 2.31. The summed E-state index contributed by atoms with van der Waals surface area (Å²) in [5.41, 5.74) is 0.995. The van der Waals surface area contributed by atoms with Crippen LogP contribution in [0.1, 0.15) is 17.4 Å². The fraction of sp³-hybridized carbons (Fsp3) is 0.364. The van der Waals surface area contributed by atoms with E-state index in [1.807, 2.05) is 0 Å². The summed E-state index contributed by atoms with van der Waals surface area (Å²) < 4.78 is 27.7. The van der Waals surface area contributed by atoms with E-state index in [0.29, 0.717) is 5.57 Å². The van der Waals surface area contributed by atoms with Crippen LogP contribution in [0.5, 0.6) is 0 Å². The van der Waals surface area contributed by atoms with Crippen LogP contribution in [0.4, 0.5) is 0 Å². The number of nitrogens with one attached hydrogen (secondary N) is 2. The highest BCUT2D eigenvalue weighted by Crippen LogP contribution is 2.13. The monoisotopic (exact) mass is 271 g/mol. The number of sulfonamides is 1. The normalized spacial score (nSPS) is 11.3. The summed E-state index contributed by atoms with van der Waals surface area (Å²) >= 11 is 0. The first kappa shape index (κ1) is 14.5. The standard InChI is InChI=1S/C11H17N3O3S/c1-8(2)6-13-18(16,17)9-5-10(11(15)12-3)14(4)7-9/h5,7,13H,1,6H2,2-4H3,(H,12,15). The van der Waals surface area contributed by atoms with Crippen molar-refractivity contribution in [2.45, 2.75) is 11.8 Å². The van der Waals surface area contributed by atoms with Crippen LogP contribution < -0.4 is 10.0 Å². The van der Waals surface area contributed by atoms with Crippen LogP contribution in [-0.2, 0) is 17.1 Å². The maximum Gasteiger partial charge on any atom is 0.267 e. The Hall–Kier alpha value is -1.60. The van der Waals surface area contributed by atoms with Gasteiger partial charge in [-0.2, -0.15) is 0 Å². The van der Waals surface area contributed by atoms with Crippen molar-refractivity contribution in [1.82, 2.24) is 14.6 Å². The molecule has 0 saturated carbocycles. The van der Waals surface area contributed by atoms with Gasteiger partial charge in [-0.3, -0.25) is 4.79 Å². The van der Waals surface area contributed by atoms with Gasteiger partial charge in [-0.1, -0.05) is 12.2 Å². The second-order valence-electron chi connectivity index (χ2n) is 4.03. The third kappa shape index (κ3) is 3.21. The van der Waals surface area contributed by atoms with Gasteiger partial charge in [0.15, 0.2) is 0 Å². The number of carbonyl (C=O) groups excluding carboxylic acids is 1. The van der Waals surface area contributed by atoms with Crippen LogP contribution in [-0.4, -0.2) is 32.5 Å². The summed E-state index contributed by atoms with van der Waals surface area (Å²) in [6.07, 6.45) is 1.39. The smallest absolute Gasteiger partial charge is 0.267 e. The van der Waals surface area contributed by atoms with E-state index in [9.17, 15) is 13.2 Å². The Kier molecular flexibility index (Phi) is 4.31. The molecule has 0 aliphatic rings. The van der Waals surface area contributed by atoms with Crippen molar-refractivity contribution in [2.75, 3.05) is 13.6 Å². The predicted molar refractivity (Wildman–Crippen MR) is 68.8 cm³/mol. The zero-order valence-electron chi connectivity index (χ0n) is 10.6. The molecule has 0 radical (unpaired) electrons. The molecule has 0 aromatic carbocycles. The number of rotatable bonds is 5. The van der Waals surface area contributed by atoms with Gasteiger partial charge < -0.3 is 9.88 Å². The van der Waals surface area contributed by atoms with E-state index in [0.717, 1.165) is 0 Å². The summed E-state index contributed by atoms with van der Waals surface area (Å²) in [5.74, 6) is -0.334. The van der Waals surface area contributed by atoms with Crippen molar-refractivity contribution in [3.8, 4) is 0 Å². The minimum atomic E-state index is -3.61. The number of aryl methyl sites for hydroxylation is 1. The highest BCUT2D eigenvalue weighted by Gasteiger charge is 2.19. The second-order valence-corrected chi connectivity index (χ2v) is 5.80. The Bertz CT molecular complexity index is 572. The van der Waals surface area contributed by atoms with Crippen LogP contribution in [0, 0.1) is 0 Å². The van der Waals surface area contributed by atoms with Gasteiger partial charge in [0.2, 0.25) is 10.0 Å². The van der Waals surface area contributed by atoms with Gasteiger partial charge in [0.25, 0.3) is 5.91 Å². The average Bonchev–Trinajstić information content (AvgIpc) is 2.68. The molecule has 1 rings (SSSR count). The van der Waals surface area contributed by atoms with Crippen LogP contribution in [0.2, 0.25) is 0 Å². The molecule has 1 aromatic heterocycles. The van der Waals surface area contributed by atoms with Gasteiger partial charge in [0.1, 0.15) is 10.6 Å². The van der Waals surface area contributed by atoms with Gasteiger partial charge in [-0.15, -0.1) is 0 Å². The largest absolute Gasteiger partial charge is 0.354 e. The molecule has 1 heterocycles. The minimum Gasteiger partial charge on any atom is -0.354 e. The third-order valence-corrected chi connectivity index (χ3v) is 3.68. The molecule has 2 N–H and O–H groups in total. The van der Waals surface area contributed by atoms with Crippen molar-refractivity contribution in [1.29, 1.82) is 0 Å². The first-order chi connectivity index (χ1) is 8.27. The van der Waals surface area contributed by atoms with E-state index in [-0.39, 0.29) is 23.0 Å². The van der Waals surface area contributed by atoms with Crippen molar-refractivity contribution in [3.63, 3.8) is 0 Å². The first-order valence-electron chi connectivity index (χ1n) is 5.30. The number of amides is 1. The summed E-state index contributed by atoms with van der Waals surface area (Å²) in [6, 6.07) is 1.33. The molecular weight excluding hydrogens is 254 g/mol. The van der Waals surface area contributed by atoms with Crippen molar-refractivity contribution in [2.24, 2.45) is 7.05 Å². The summed E-state index contributed by atoms with van der Waals surface area (Å²) in [5, 5.41) is 2.45. The summed E-state index contributed by atoms with van der Waals surface area (Å²) in [4.78, 5) is 11.5. The second kappa shape index (κ2) is 5.36. The molecule has 7 heteroatoms. The highest BCUT2D eigenvalue weighted by molar-refractivity contribution is 7.89. The van der Waals surface area contributed by atoms with Crippen LogP contribution >= 0.6 is 0 Å². The SMILES string of the molecule is C=C(C)CNS(=O)(=O)c1cc(C(=O)NC)n(C)c1. The number of nitrogens with zero attached hydrogens (tertiary/aromatic N) is 1. The van der Waals surface area contributed by atoms with Crippen molar-refractivity contribution >= 4 is 15.9 Å². The fourth-order valence-corrected chi connectivity index (χ4v) is 2.50. The minimum absolute atomic E-state index is 0.0600. The molecular formula is C11H17N3O3S. The van der Waals surface area contributed by atoms with Crippen molar-refractivity contribution < 1.29 is 13.2 Å². The molecule has 0 saturated heterocycles. The first-order valence-corrected chi connectivity index (χ1v) is 6.78. The highest BCUT2D eigenvalue weighted by atomic mass is 32.2. The Morgan fingerprint density at radius 3 is 2.61 bits per heavy atom. The zero-order chi connectivity index (χ0) is 13.9. The summed E-state index contributed by atoms with van der Waals surface area (Å²) in [7, 11) is -0.508. The van der Waals surface area contributed by atoms with E-state index in [2.05, 4.69) is 16.6 Å². The van der Waals surface area contributed by atoms with Gasteiger partial charge in [0, 0.05) is 26.8 Å². The lowest BCUT2D eigenvalue weighted by atomic mass is 10.4. The fourth-order valence-electron chi connectivity index (χ4n) is 1.34. The molecule has 1 aromatic rings. The Morgan fingerprint density at radius 2 is 2.11 bits per heavy atom. The molecule has 0 unspecified atom stereocenters. The van der Waals surface area contributed by atoms with E-state index >= 15 is 0 Å². The van der Waals surface area contributed by atoms with Crippen LogP contribution in [0.25, 0.3) is 0 Å². The Balaban J connectivity index is 3.04. The van der Waals surface area contributed by atoms with E-state index in [1.54, 1.807) is 14.0 Å². The lowest BCUT2D eigenvalue weighted by molar-refractivity contribution is 0.0955. The maximum absolute atomic E-state index is 11.9. The van der Waals surface area contributed by atoms with Crippen molar-refractivity contribution in [3.05, 3.63) is 30.1 Å². The Labute approximate surface area is 107 Å². The molecule has 0 aliphatic heterocycles. The van der Waals surface area contributed by atoms with Crippen LogP contribution in [0.3, 0.4) is 0 Å². The van der Waals surface area contributed by atoms with Gasteiger partial charge >= 0.3 is 0 Å². The maximum atomic E-state index is 11.9. The molecule has 0 aliphatic carbocycles. The van der Waals surface area contributed by atoms with Gasteiger partial charge in [-0.25, -0.2) is 13.1 Å². The Morgan fingerprint density at radius 1 is 1.50 bits per heavy atom. The molecule has 0 spiro atoms. The van der Waals surface area contributed by atoms with Gasteiger partial charge in [-0.05, 0) is 13.0 Å². The lowest BCUT2D eigenvalue weighted by Gasteiger charge is -2.03. The molecule has 100 valence electrons. The summed E-state index contributed by atoms with van der Waals surface area (Å²) in [6.45, 7) is 5.52. The quantitative estimate of drug-likeness (QED) is 0.753. The number of carbonyl (C=O) groups is 1. The number of hydrogen-bond donors (Lipinski definition) is 2. The molecule has 0 fully saturated rings. The lowest BCUT2D eigenvalue weighted by Crippen LogP contribution is -2.24. The molecule has 0 atom stereocenters. The van der Waals surface area contributed by atoms with Gasteiger partial charge in [0.05, 0.1) is 0 Å². The van der Waals surface area contributed by atoms with Crippen LogP contribution in [0.15, 0.2) is 29.3 Å². The molecule has 18 heavy (non-hydrogen) atoms.